The Labute approximate surface area is 188 Å². The second-order valence-electron chi connectivity index (χ2n) is 7.95. The third-order valence-electron chi connectivity index (χ3n) is 5.77. The molecule has 0 aliphatic heterocycles. The van der Waals surface area contributed by atoms with Crippen LogP contribution in [0.15, 0.2) is 71.6 Å². The van der Waals surface area contributed by atoms with Crippen LogP contribution in [0.5, 0.6) is 5.75 Å². The van der Waals surface area contributed by atoms with Gasteiger partial charge in [-0.15, -0.1) is 0 Å². The third kappa shape index (κ3) is 4.62. The minimum absolute atomic E-state index is 0.118. The lowest BCUT2D eigenvalue weighted by atomic mass is 9.82. The van der Waals surface area contributed by atoms with E-state index in [0.29, 0.717) is 22.7 Å². The number of anilines is 2. The first-order valence-corrected chi connectivity index (χ1v) is 12.0. The van der Waals surface area contributed by atoms with Crippen LogP contribution in [0.1, 0.15) is 35.4 Å². The lowest BCUT2D eigenvalue weighted by Crippen LogP contribution is -2.25. The van der Waals surface area contributed by atoms with Crippen molar-refractivity contribution in [2.45, 2.75) is 37.0 Å². The van der Waals surface area contributed by atoms with E-state index >= 15 is 0 Å². The first-order chi connectivity index (χ1) is 15.4. The van der Waals surface area contributed by atoms with Crippen LogP contribution < -0.4 is 14.8 Å². The minimum Gasteiger partial charge on any atom is -0.497 e. The molecule has 1 amide bonds. The molecule has 32 heavy (non-hydrogen) atoms. The van der Waals surface area contributed by atoms with E-state index in [2.05, 4.69) is 16.1 Å². The van der Waals surface area contributed by atoms with Gasteiger partial charge in [0.25, 0.3) is 10.0 Å². The zero-order chi connectivity index (χ0) is 22.7. The van der Waals surface area contributed by atoms with Crippen molar-refractivity contribution in [2.75, 3.05) is 17.1 Å². The van der Waals surface area contributed by atoms with Crippen LogP contribution in [0, 0.1) is 6.92 Å². The first-order valence-electron chi connectivity index (χ1n) is 10.5. The van der Waals surface area contributed by atoms with E-state index in [0.717, 1.165) is 24.8 Å². The van der Waals surface area contributed by atoms with Gasteiger partial charge in [-0.25, -0.2) is 8.42 Å². The molecule has 3 aromatic carbocycles. The maximum absolute atomic E-state index is 13.0. The Morgan fingerprint density at radius 2 is 1.72 bits per heavy atom. The number of carbonyl (C=O) groups is 1. The van der Waals surface area contributed by atoms with Gasteiger partial charge in [0.05, 0.1) is 17.9 Å². The molecule has 0 saturated heterocycles. The molecule has 0 saturated carbocycles. The van der Waals surface area contributed by atoms with Crippen molar-refractivity contribution in [3.63, 3.8) is 0 Å². The molecule has 0 fully saturated rings. The fraction of sp³-hybridized carbons (Fsp3) is 0.240. The molecule has 7 heteroatoms. The van der Waals surface area contributed by atoms with Crippen LogP contribution in [0.3, 0.4) is 0 Å². The summed E-state index contributed by atoms with van der Waals surface area (Å²) in [6, 6.07) is 19.6. The lowest BCUT2D eigenvalue weighted by molar-refractivity contribution is -0.117. The van der Waals surface area contributed by atoms with Crippen molar-refractivity contribution in [2.24, 2.45) is 0 Å². The molecule has 2 N–H and O–H groups in total. The highest BCUT2D eigenvalue weighted by molar-refractivity contribution is 7.92. The van der Waals surface area contributed by atoms with Crippen LogP contribution in [-0.4, -0.2) is 21.4 Å². The fourth-order valence-electron chi connectivity index (χ4n) is 4.09. The molecule has 6 nitrogen and oxygen atoms in total. The summed E-state index contributed by atoms with van der Waals surface area (Å²) in [7, 11) is -2.29. The Hall–Kier alpha value is -3.32. The maximum atomic E-state index is 13.0. The van der Waals surface area contributed by atoms with Crippen molar-refractivity contribution in [1.29, 1.82) is 0 Å². The number of nitrogens with one attached hydrogen (secondary N) is 2. The van der Waals surface area contributed by atoms with Crippen LogP contribution in [0.4, 0.5) is 11.4 Å². The molecule has 1 atom stereocenters. The first kappa shape index (κ1) is 21.9. The summed E-state index contributed by atoms with van der Waals surface area (Å²) < 4.78 is 33.7. The molecule has 0 aromatic heterocycles. The number of sulfonamides is 1. The topological polar surface area (TPSA) is 84.5 Å². The Kier molecular flexibility index (Phi) is 6.19. The molecule has 4 rings (SSSR count). The number of fused-ring (bicyclic) bond motifs is 1. The van der Waals surface area contributed by atoms with Crippen molar-refractivity contribution < 1.29 is 17.9 Å². The summed E-state index contributed by atoms with van der Waals surface area (Å²) in [6.07, 6.45) is 2.71. The minimum atomic E-state index is -3.84. The Morgan fingerprint density at radius 3 is 2.47 bits per heavy atom. The molecule has 0 heterocycles. The third-order valence-corrected chi connectivity index (χ3v) is 7.30. The van der Waals surface area contributed by atoms with Crippen molar-refractivity contribution in [3.8, 4) is 5.75 Å². The van der Waals surface area contributed by atoms with E-state index < -0.39 is 10.0 Å². The second-order valence-corrected chi connectivity index (χ2v) is 9.60. The molecule has 3 aromatic rings. The van der Waals surface area contributed by atoms with E-state index in [4.69, 9.17) is 4.74 Å². The van der Waals surface area contributed by atoms with E-state index in [-0.39, 0.29) is 16.7 Å². The molecule has 1 aliphatic carbocycles. The normalized spacial score (nSPS) is 15.5. The highest BCUT2D eigenvalue weighted by Gasteiger charge is 2.26. The van der Waals surface area contributed by atoms with Gasteiger partial charge >= 0.3 is 0 Å². The van der Waals surface area contributed by atoms with Gasteiger partial charge in [-0.1, -0.05) is 30.3 Å². The number of benzene rings is 3. The lowest BCUT2D eigenvalue weighted by Gasteiger charge is -2.24. The van der Waals surface area contributed by atoms with Gasteiger partial charge < -0.3 is 10.1 Å². The van der Waals surface area contributed by atoms with Gasteiger partial charge in [0.15, 0.2) is 0 Å². The summed E-state index contributed by atoms with van der Waals surface area (Å²) in [4.78, 5) is 13.2. The monoisotopic (exact) mass is 450 g/mol. The van der Waals surface area contributed by atoms with Crippen LogP contribution in [0.2, 0.25) is 0 Å². The largest absolute Gasteiger partial charge is 0.497 e. The standard InChI is InChI=1S/C25H26N2O4S/c1-17-10-11-20(26-25(28)23-9-5-7-18-6-3-4-8-22(18)23)16-24(17)32(29,30)27-19-12-14-21(31-2)15-13-19/h3-4,6,8,10-16,23,27H,5,7,9H2,1-2H3,(H,26,28). The van der Waals surface area contributed by atoms with Gasteiger partial charge in [0, 0.05) is 11.4 Å². The second kappa shape index (κ2) is 9.04. The van der Waals surface area contributed by atoms with E-state index in [9.17, 15) is 13.2 Å². The summed E-state index contributed by atoms with van der Waals surface area (Å²) in [5.41, 5.74) is 3.73. The number of aryl methyl sites for hydroxylation is 2. The van der Waals surface area contributed by atoms with E-state index in [1.165, 1.54) is 11.6 Å². The quantitative estimate of drug-likeness (QED) is 0.562. The van der Waals surface area contributed by atoms with Crippen LogP contribution >= 0.6 is 0 Å². The molecule has 1 aliphatic rings. The van der Waals surface area contributed by atoms with Gasteiger partial charge in [0.2, 0.25) is 5.91 Å². The summed E-state index contributed by atoms with van der Waals surface area (Å²) in [5, 5.41) is 2.92. The zero-order valence-corrected chi connectivity index (χ0v) is 18.9. The Balaban J connectivity index is 1.55. The zero-order valence-electron chi connectivity index (χ0n) is 18.1. The number of methoxy groups -OCH3 is 1. The summed E-state index contributed by atoms with van der Waals surface area (Å²) in [5.74, 6) is 0.282. The molecule has 0 spiro atoms. The molecular weight excluding hydrogens is 424 g/mol. The van der Waals surface area contributed by atoms with E-state index in [1.807, 2.05) is 18.2 Å². The average Bonchev–Trinajstić information content (AvgIpc) is 2.80. The predicted octanol–water partition coefficient (Wildman–Crippen LogP) is 4.86. The maximum Gasteiger partial charge on any atom is 0.262 e. The fourth-order valence-corrected chi connectivity index (χ4v) is 5.42. The van der Waals surface area contributed by atoms with E-state index in [1.54, 1.807) is 50.4 Å². The van der Waals surface area contributed by atoms with Gasteiger partial charge in [-0.3, -0.25) is 9.52 Å². The van der Waals surface area contributed by atoms with Crippen molar-refractivity contribution >= 4 is 27.3 Å². The highest BCUT2D eigenvalue weighted by Crippen LogP contribution is 2.33. The summed E-state index contributed by atoms with van der Waals surface area (Å²) >= 11 is 0. The smallest absolute Gasteiger partial charge is 0.262 e. The molecule has 0 bridgehead atoms. The number of amides is 1. The van der Waals surface area contributed by atoms with Crippen molar-refractivity contribution in [1.82, 2.24) is 0 Å². The van der Waals surface area contributed by atoms with Crippen LogP contribution in [0.25, 0.3) is 0 Å². The number of hydrogen-bond acceptors (Lipinski definition) is 4. The SMILES string of the molecule is COc1ccc(NS(=O)(=O)c2cc(NC(=O)C3CCCc4ccccc43)ccc2C)cc1. The van der Waals surface area contributed by atoms with Crippen molar-refractivity contribution in [3.05, 3.63) is 83.4 Å². The molecular formula is C25H26N2O4S. The van der Waals surface area contributed by atoms with Gasteiger partial charge in [-0.05, 0) is 79.3 Å². The average molecular weight is 451 g/mol. The van der Waals surface area contributed by atoms with Crippen LogP contribution in [-0.2, 0) is 21.2 Å². The number of rotatable bonds is 6. The number of carbonyl (C=O) groups excluding carboxylic acids is 1. The number of ether oxygens (including phenoxy) is 1. The summed E-state index contributed by atoms with van der Waals surface area (Å²) in [6.45, 7) is 1.73. The van der Waals surface area contributed by atoms with Gasteiger partial charge in [0.1, 0.15) is 5.75 Å². The molecule has 1 unspecified atom stereocenters. The highest BCUT2D eigenvalue weighted by atomic mass is 32.2. The Bertz CT molecular complexity index is 1240. The Morgan fingerprint density at radius 1 is 1.00 bits per heavy atom. The number of hydrogen-bond donors (Lipinski definition) is 2. The van der Waals surface area contributed by atoms with Gasteiger partial charge in [-0.2, -0.15) is 0 Å². The molecule has 0 radical (unpaired) electrons. The molecule has 166 valence electrons. The predicted molar refractivity (Wildman–Crippen MR) is 126 cm³/mol.